The number of pyridine rings is 1. The van der Waals surface area contributed by atoms with E-state index >= 15 is 0 Å². The molecule has 0 saturated carbocycles. The molecule has 0 aliphatic rings. The van der Waals surface area contributed by atoms with E-state index < -0.39 is 0 Å². The monoisotopic (exact) mass is 236 g/mol. The molecule has 0 atom stereocenters. The largest absolute Gasteiger partial charge is 0.372 e. The number of rotatable bonds is 2. The second-order valence-corrected chi connectivity index (χ2v) is 3.96. The molecule has 3 aromatic rings. The number of hydrogen-bond donors (Lipinski definition) is 1. The first-order valence-electron chi connectivity index (χ1n) is 5.72. The molecule has 1 aromatic carbocycles. The van der Waals surface area contributed by atoms with E-state index in [0.717, 1.165) is 28.0 Å². The van der Waals surface area contributed by atoms with Crippen LogP contribution in [-0.4, -0.2) is 22.0 Å². The van der Waals surface area contributed by atoms with Crippen molar-refractivity contribution < 1.29 is 0 Å². The van der Waals surface area contributed by atoms with Crippen LogP contribution in [0.15, 0.2) is 48.9 Å². The van der Waals surface area contributed by atoms with Crippen LogP contribution in [0.2, 0.25) is 0 Å². The van der Waals surface area contributed by atoms with Crippen LogP contribution in [0.3, 0.4) is 0 Å². The molecule has 2 aromatic heterocycles. The summed E-state index contributed by atoms with van der Waals surface area (Å²) in [5.74, 6) is 0.751. The minimum atomic E-state index is 0.751. The molecule has 0 bridgehead atoms. The maximum absolute atomic E-state index is 4.45. The zero-order valence-electron chi connectivity index (χ0n) is 9.96. The molecule has 0 spiro atoms. The molecule has 0 unspecified atom stereocenters. The van der Waals surface area contributed by atoms with E-state index in [2.05, 4.69) is 26.3 Å². The van der Waals surface area contributed by atoms with Gasteiger partial charge in [-0.15, -0.1) is 0 Å². The van der Waals surface area contributed by atoms with Gasteiger partial charge < -0.3 is 5.32 Å². The van der Waals surface area contributed by atoms with Gasteiger partial charge in [-0.05, 0) is 12.1 Å². The van der Waals surface area contributed by atoms with Crippen LogP contribution in [0.5, 0.6) is 0 Å². The van der Waals surface area contributed by atoms with Crippen molar-refractivity contribution in [1.82, 2.24) is 15.0 Å². The molecule has 3 rings (SSSR count). The van der Waals surface area contributed by atoms with Crippen LogP contribution in [0.1, 0.15) is 0 Å². The SMILES string of the molecule is CNc1cncc(-c2cnc3ccccc3c2)n1. The Labute approximate surface area is 105 Å². The zero-order chi connectivity index (χ0) is 12.4. The Morgan fingerprint density at radius 1 is 1.06 bits per heavy atom. The summed E-state index contributed by atoms with van der Waals surface area (Å²) in [5.41, 5.74) is 2.78. The summed E-state index contributed by atoms with van der Waals surface area (Å²) in [4.78, 5) is 13.0. The zero-order valence-corrected chi connectivity index (χ0v) is 9.96. The quantitative estimate of drug-likeness (QED) is 0.743. The number of fused-ring (bicyclic) bond motifs is 1. The lowest BCUT2D eigenvalue weighted by atomic mass is 10.1. The molecule has 4 nitrogen and oxygen atoms in total. The Hall–Kier alpha value is -2.49. The van der Waals surface area contributed by atoms with Crippen LogP contribution in [0.25, 0.3) is 22.2 Å². The third-order valence-electron chi connectivity index (χ3n) is 2.78. The predicted molar refractivity (Wildman–Crippen MR) is 72.3 cm³/mol. The number of nitrogens with one attached hydrogen (secondary N) is 1. The molecule has 88 valence electrons. The van der Waals surface area contributed by atoms with Crippen molar-refractivity contribution in [3.05, 3.63) is 48.9 Å². The van der Waals surface area contributed by atoms with Crippen LogP contribution >= 0.6 is 0 Å². The maximum atomic E-state index is 4.45. The van der Waals surface area contributed by atoms with E-state index in [1.165, 1.54) is 0 Å². The maximum Gasteiger partial charge on any atom is 0.144 e. The van der Waals surface area contributed by atoms with Gasteiger partial charge in [-0.3, -0.25) is 9.97 Å². The molecule has 0 radical (unpaired) electrons. The molecule has 0 amide bonds. The fraction of sp³-hybridized carbons (Fsp3) is 0.0714. The second-order valence-electron chi connectivity index (χ2n) is 3.96. The van der Waals surface area contributed by atoms with Gasteiger partial charge in [0.15, 0.2) is 0 Å². The fourth-order valence-corrected chi connectivity index (χ4v) is 1.84. The van der Waals surface area contributed by atoms with E-state index in [-0.39, 0.29) is 0 Å². The number of nitrogens with zero attached hydrogens (tertiary/aromatic N) is 3. The predicted octanol–water partition coefficient (Wildman–Crippen LogP) is 2.73. The summed E-state index contributed by atoms with van der Waals surface area (Å²) in [5, 5.41) is 4.08. The third kappa shape index (κ3) is 1.88. The van der Waals surface area contributed by atoms with Crippen molar-refractivity contribution in [2.45, 2.75) is 0 Å². The molecule has 0 aliphatic carbocycles. The number of hydrogen-bond acceptors (Lipinski definition) is 4. The third-order valence-corrected chi connectivity index (χ3v) is 2.78. The highest BCUT2D eigenvalue weighted by molar-refractivity contribution is 5.82. The molecule has 18 heavy (non-hydrogen) atoms. The highest BCUT2D eigenvalue weighted by Crippen LogP contribution is 2.21. The lowest BCUT2D eigenvalue weighted by molar-refractivity contribution is 1.19. The van der Waals surface area contributed by atoms with Gasteiger partial charge in [-0.25, -0.2) is 4.98 Å². The van der Waals surface area contributed by atoms with Crippen molar-refractivity contribution >= 4 is 16.7 Å². The smallest absolute Gasteiger partial charge is 0.144 e. The topological polar surface area (TPSA) is 50.7 Å². The average Bonchev–Trinajstić information content (AvgIpc) is 2.47. The minimum Gasteiger partial charge on any atom is -0.372 e. The molecule has 0 fully saturated rings. The lowest BCUT2D eigenvalue weighted by Gasteiger charge is -2.04. The number of benzene rings is 1. The van der Waals surface area contributed by atoms with E-state index in [4.69, 9.17) is 0 Å². The van der Waals surface area contributed by atoms with Crippen LogP contribution < -0.4 is 5.32 Å². The van der Waals surface area contributed by atoms with Crippen molar-refractivity contribution in [3.8, 4) is 11.3 Å². The molecule has 4 heteroatoms. The Morgan fingerprint density at radius 2 is 1.94 bits per heavy atom. The van der Waals surface area contributed by atoms with E-state index in [1.807, 2.05) is 37.5 Å². The first-order valence-corrected chi connectivity index (χ1v) is 5.72. The molecule has 2 heterocycles. The van der Waals surface area contributed by atoms with Gasteiger partial charge in [0.05, 0.1) is 23.6 Å². The summed E-state index contributed by atoms with van der Waals surface area (Å²) in [6.45, 7) is 0. The van der Waals surface area contributed by atoms with Crippen molar-refractivity contribution in [1.29, 1.82) is 0 Å². The van der Waals surface area contributed by atoms with Gasteiger partial charge in [0.25, 0.3) is 0 Å². The number of para-hydroxylation sites is 1. The summed E-state index contributed by atoms with van der Waals surface area (Å²) in [6.07, 6.45) is 5.26. The van der Waals surface area contributed by atoms with Crippen LogP contribution in [0.4, 0.5) is 5.82 Å². The average molecular weight is 236 g/mol. The van der Waals surface area contributed by atoms with E-state index in [9.17, 15) is 0 Å². The Bertz CT molecular complexity index is 694. The summed E-state index contributed by atoms with van der Waals surface area (Å²) < 4.78 is 0. The summed E-state index contributed by atoms with van der Waals surface area (Å²) >= 11 is 0. The fourth-order valence-electron chi connectivity index (χ4n) is 1.84. The van der Waals surface area contributed by atoms with E-state index in [1.54, 1.807) is 12.4 Å². The normalized spacial score (nSPS) is 10.5. The minimum absolute atomic E-state index is 0.751. The van der Waals surface area contributed by atoms with Gasteiger partial charge in [-0.1, -0.05) is 18.2 Å². The Kier molecular flexibility index (Phi) is 2.61. The highest BCUT2D eigenvalue weighted by atomic mass is 15.0. The Balaban J connectivity index is 2.13. The summed E-state index contributed by atoms with van der Waals surface area (Å²) in [7, 11) is 1.83. The first-order chi connectivity index (χ1) is 8.86. The molecule has 1 N–H and O–H groups in total. The molecular formula is C14H12N4. The highest BCUT2D eigenvalue weighted by Gasteiger charge is 2.03. The summed E-state index contributed by atoms with van der Waals surface area (Å²) in [6, 6.07) is 10.1. The standard InChI is InChI=1S/C14H12N4/c1-15-14-9-16-8-13(18-14)11-6-10-4-2-3-5-12(10)17-7-11/h2-9H,1H3,(H,15,18). The lowest BCUT2D eigenvalue weighted by Crippen LogP contribution is -1.95. The first kappa shape index (κ1) is 10.7. The van der Waals surface area contributed by atoms with Crippen molar-refractivity contribution in [3.63, 3.8) is 0 Å². The van der Waals surface area contributed by atoms with Gasteiger partial charge in [0.2, 0.25) is 0 Å². The van der Waals surface area contributed by atoms with Gasteiger partial charge in [0, 0.05) is 24.2 Å². The second kappa shape index (κ2) is 4.41. The van der Waals surface area contributed by atoms with E-state index in [0.29, 0.717) is 0 Å². The van der Waals surface area contributed by atoms with Crippen molar-refractivity contribution in [2.75, 3.05) is 12.4 Å². The Morgan fingerprint density at radius 3 is 2.83 bits per heavy atom. The number of anilines is 1. The van der Waals surface area contributed by atoms with Crippen LogP contribution in [0, 0.1) is 0 Å². The van der Waals surface area contributed by atoms with Gasteiger partial charge in [0.1, 0.15) is 5.82 Å². The van der Waals surface area contributed by atoms with Gasteiger partial charge in [-0.2, -0.15) is 0 Å². The molecule has 0 aliphatic heterocycles. The molecule has 0 saturated heterocycles. The van der Waals surface area contributed by atoms with Crippen molar-refractivity contribution in [2.24, 2.45) is 0 Å². The van der Waals surface area contributed by atoms with Crippen LogP contribution in [-0.2, 0) is 0 Å². The molecular weight excluding hydrogens is 224 g/mol. The van der Waals surface area contributed by atoms with Gasteiger partial charge >= 0.3 is 0 Å². The number of aromatic nitrogens is 3.